The number of aromatic nitrogens is 2. The Morgan fingerprint density at radius 3 is 2.40 bits per heavy atom. The van der Waals surface area contributed by atoms with Crippen molar-refractivity contribution in [2.75, 3.05) is 5.32 Å². The van der Waals surface area contributed by atoms with E-state index >= 15 is 0 Å². The Kier molecular flexibility index (Phi) is 4.40. The van der Waals surface area contributed by atoms with E-state index < -0.39 is 5.97 Å². The maximum absolute atomic E-state index is 10.9. The second-order valence-corrected chi connectivity index (χ2v) is 5.42. The average molecular weight is 330 g/mol. The summed E-state index contributed by atoms with van der Waals surface area (Å²) in [5.74, 6) is -0.561. The fraction of sp³-hybridized carbons (Fsp3) is 0.0526. The predicted octanol–water partition coefficient (Wildman–Crippen LogP) is 3.77. The summed E-state index contributed by atoms with van der Waals surface area (Å²) in [5, 5.41) is 20.9. The first kappa shape index (κ1) is 16.1. The van der Waals surface area contributed by atoms with Crippen LogP contribution in [0.3, 0.4) is 0 Å². The van der Waals surface area contributed by atoms with Crippen LogP contribution >= 0.6 is 0 Å². The van der Waals surface area contributed by atoms with E-state index in [1.165, 1.54) is 12.1 Å². The first-order valence-corrected chi connectivity index (χ1v) is 7.51. The number of aryl methyl sites for hydroxylation is 1. The number of carbonyl (C=O) groups is 1. The molecule has 6 heteroatoms. The molecule has 0 aliphatic rings. The van der Waals surface area contributed by atoms with Crippen LogP contribution in [0, 0.1) is 18.3 Å². The first-order valence-electron chi connectivity index (χ1n) is 7.51. The van der Waals surface area contributed by atoms with Crippen LogP contribution in [0.15, 0.2) is 54.7 Å². The molecule has 25 heavy (non-hydrogen) atoms. The number of hydrogen-bond donors (Lipinski definition) is 2. The minimum atomic E-state index is -0.971. The van der Waals surface area contributed by atoms with E-state index in [-0.39, 0.29) is 5.56 Å². The summed E-state index contributed by atoms with van der Waals surface area (Å²) in [5.41, 5.74) is 4.07. The van der Waals surface area contributed by atoms with E-state index in [9.17, 15) is 4.79 Å². The molecule has 0 aliphatic heterocycles. The number of nitrogens with one attached hydrogen (secondary N) is 1. The molecule has 0 atom stereocenters. The molecule has 3 aromatic rings. The van der Waals surface area contributed by atoms with Gasteiger partial charge in [0, 0.05) is 17.4 Å². The monoisotopic (exact) mass is 330 g/mol. The van der Waals surface area contributed by atoms with E-state index in [0.717, 1.165) is 16.8 Å². The summed E-state index contributed by atoms with van der Waals surface area (Å²) in [4.78, 5) is 19.7. The van der Waals surface area contributed by atoms with Gasteiger partial charge in [-0.05, 0) is 48.9 Å². The van der Waals surface area contributed by atoms with Crippen molar-refractivity contribution in [1.29, 1.82) is 5.26 Å². The van der Waals surface area contributed by atoms with Crippen LogP contribution in [-0.2, 0) is 0 Å². The molecule has 0 amide bonds. The molecule has 2 aromatic carbocycles. The Morgan fingerprint density at radius 2 is 1.80 bits per heavy atom. The second kappa shape index (κ2) is 6.81. The second-order valence-electron chi connectivity index (χ2n) is 5.42. The largest absolute Gasteiger partial charge is 0.478 e. The summed E-state index contributed by atoms with van der Waals surface area (Å²) in [6.45, 7) is 1.92. The van der Waals surface area contributed by atoms with Gasteiger partial charge in [-0.25, -0.2) is 14.8 Å². The van der Waals surface area contributed by atoms with Crippen LogP contribution in [0.25, 0.3) is 11.3 Å². The highest BCUT2D eigenvalue weighted by Gasteiger charge is 2.08. The van der Waals surface area contributed by atoms with Crippen LogP contribution < -0.4 is 5.32 Å². The molecule has 122 valence electrons. The standard InChI is InChI=1S/C19H14N4O2/c1-12-11-21-19(22-16-8-6-15(7-9-16)18(24)25)23-17(12)14-4-2-13(10-20)3-5-14/h2-9,11H,1H3,(H,24,25)(H,21,22,23). The van der Waals surface area contributed by atoms with Gasteiger partial charge in [-0.15, -0.1) is 0 Å². The van der Waals surface area contributed by atoms with Gasteiger partial charge in [0.25, 0.3) is 0 Å². The van der Waals surface area contributed by atoms with Gasteiger partial charge in [-0.1, -0.05) is 12.1 Å². The van der Waals surface area contributed by atoms with Crippen molar-refractivity contribution in [3.63, 3.8) is 0 Å². The van der Waals surface area contributed by atoms with Crippen LogP contribution in [0.5, 0.6) is 0 Å². The van der Waals surface area contributed by atoms with Crippen LogP contribution in [-0.4, -0.2) is 21.0 Å². The Bertz CT molecular complexity index is 958. The van der Waals surface area contributed by atoms with Gasteiger partial charge >= 0.3 is 5.97 Å². The van der Waals surface area contributed by atoms with E-state index in [1.807, 2.05) is 19.1 Å². The van der Waals surface area contributed by atoms with E-state index in [2.05, 4.69) is 21.4 Å². The van der Waals surface area contributed by atoms with Crippen molar-refractivity contribution in [3.8, 4) is 17.3 Å². The third-order valence-electron chi connectivity index (χ3n) is 3.65. The van der Waals surface area contributed by atoms with Crippen LogP contribution in [0.2, 0.25) is 0 Å². The van der Waals surface area contributed by atoms with Crippen molar-refractivity contribution < 1.29 is 9.90 Å². The molecule has 1 aromatic heterocycles. The molecular formula is C19H14N4O2. The highest BCUT2D eigenvalue weighted by atomic mass is 16.4. The molecule has 0 unspecified atom stereocenters. The van der Waals surface area contributed by atoms with Crippen LogP contribution in [0.1, 0.15) is 21.5 Å². The lowest BCUT2D eigenvalue weighted by Gasteiger charge is -2.09. The molecular weight excluding hydrogens is 316 g/mol. The quantitative estimate of drug-likeness (QED) is 0.755. The lowest BCUT2D eigenvalue weighted by molar-refractivity contribution is 0.0697. The fourth-order valence-corrected chi connectivity index (χ4v) is 2.32. The number of aromatic carboxylic acids is 1. The smallest absolute Gasteiger partial charge is 0.335 e. The number of nitriles is 1. The van der Waals surface area contributed by atoms with Crippen molar-refractivity contribution in [2.45, 2.75) is 6.92 Å². The van der Waals surface area contributed by atoms with Gasteiger partial charge in [0.2, 0.25) is 5.95 Å². The zero-order valence-electron chi connectivity index (χ0n) is 13.4. The highest BCUT2D eigenvalue weighted by molar-refractivity contribution is 5.88. The normalized spacial score (nSPS) is 10.1. The molecule has 6 nitrogen and oxygen atoms in total. The number of nitrogens with zero attached hydrogens (tertiary/aromatic N) is 3. The summed E-state index contributed by atoms with van der Waals surface area (Å²) in [6, 6.07) is 15.6. The first-order chi connectivity index (χ1) is 12.1. The molecule has 0 radical (unpaired) electrons. The molecule has 0 aliphatic carbocycles. The van der Waals surface area contributed by atoms with Gasteiger partial charge in [-0.3, -0.25) is 0 Å². The Balaban J connectivity index is 1.88. The molecule has 0 fully saturated rings. The molecule has 2 N–H and O–H groups in total. The predicted molar refractivity (Wildman–Crippen MR) is 93.6 cm³/mol. The molecule has 0 saturated heterocycles. The topological polar surface area (TPSA) is 98.9 Å². The third-order valence-corrected chi connectivity index (χ3v) is 3.65. The molecule has 3 rings (SSSR count). The van der Waals surface area contributed by atoms with Gasteiger partial charge in [0.05, 0.1) is 22.9 Å². The third kappa shape index (κ3) is 3.62. The minimum absolute atomic E-state index is 0.216. The minimum Gasteiger partial charge on any atom is -0.478 e. The number of carboxylic acid groups (broad SMARTS) is 1. The Hall–Kier alpha value is -3.72. The van der Waals surface area contributed by atoms with Crippen molar-refractivity contribution in [1.82, 2.24) is 9.97 Å². The maximum Gasteiger partial charge on any atom is 0.335 e. The fourth-order valence-electron chi connectivity index (χ4n) is 2.32. The van der Waals surface area contributed by atoms with E-state index in [0.29, 0.717) is 17.2 Å². The van der Waals surface area contributed by atoms with Crippen molar-refractivity contribution >= 4 is 17.6 Å². The molecule has 0 spiro atoms. The van der Waals surface area contributed by atoms with E-state index in [1.54, 1.807) is 30.5 Å². The maximum atomic E-state index is 10.9. The SMILES string of the molecule is Cc1cnc(Nc2ccc(C(=O)O)cc2)nc1-c1ccc(C#N)cc1. The molecule has 0 bridgehead atoms. The highest BCUT2D eigenvalue weighted by Crippen LogP contribution is 2.23. The van der Waals surface area contributed by atoms with Gasteiger partial charge in [0.15, 0.2) is 0 Å². The molecule has 0 saturated carbocycles. The lowest BCUT2D eigenvalue weighted by atomic mass is 10.1. The summed E-state index contributed by atoms with van der Waals surface area (Å²) < 4.78 is 0. The Morgan fingerprint density at radius 1 is 1.12 bits per heavy atom. The lowest BCUT2D eigenvalue weighted by Crippen LogP contribution is -2.01. The summed E-state index contributed by atoms with van der Waals surface area (Å²) >= 11 is 0. The molecule has 1 heterocycles. The number of carboxylic acids is 1. The van der Waals surface area contributed by atoms with Gasteiger partial charge in [0.1, 0.15) is 0 Å². The Labute approximate surface area is 144 Å². The van der Waals surface area contributed by atoms with Crippen LogP contribution in [0.4, 0.5) is 11.6 Å². The summed E-state index contributed by atoms with van der Waals surface area (Å²) in [6.07, 6.45) is 1.72. The zero-order valence-corrected chi connectivity index (χ0v) is 13.4. The van der Waals surface area contributed by atoms with Gasteiger partial charge in [-0.2, -0.15) is 5.26 Å². The van der Waals surface area contributed by atoms with E-state index in [4.69, 9.17) is 10.4 Å². The number of benzene rings is 2. The van der Waals surface area contributed by atoms with Gasteiger partial charge < -0.3 is 10.4 Å². The number of rotatable bonds is 4. The van der Waals surface area contributed by atoms with Crippen molar-refractivity contribution in [3.05, 3.63) is 71.4 Å². The summed E-state index contributed by atoms with van der Waals surface area (Å²) in [7, 11) is 0. The average Bonchev–Trinajstić information content (AvgIpc) is 2.64. The number of anilines is 2. The zero-order chi connectivity index (χ0) is 17.8. The number of hydrogen-bond acceptors (Lipinski definition) is 5. The van der Waals surface area contributed by atoms with Crippen molar-refractivity contribution in [2.24, 2.45) is 0 Å².